The Bertz CT molecular complexity index is 416. The fraction of sp³-hybridized carbons (Fsp3) is 0.600. The van der Waals surface area contributed by atoms with Crippen LogP contribution in [-0.2, 0) is 6.42 Å². The Morgan fingerprint density at radius 3 is 2.50 bits per heavy atom. The molecule has 98 valence electrons. The van der Waals surface area contributed by atoms with E-state index in [-0.39, 0.29) is 11.9 Å². The molecule has 0 spiro atoms. The van der Waals surface area contributed by atoms with Crippen LogP contribution in [0.3, 0.4) is 0 Å². The highest BCUT2D eigenvalue weighted by Crippen LogP contribution is 2.56. The van der Waals surface area contributed by atoms with Gasteiger partial charge < -0.3 is 5.73 Å². The monoisotopic (exact) mass is 311 g/mol. The van der Waals surface area contributed by atoms with Gasteiger partial charge in [-0.05, 0) is 60.8 Å². The molecule has 2 aliphatic rings. The molecule has 2 saturated carbocycles. The zero-order valence-corrected chi connectivity index (χ0v) is 12.0. The topological polar surface area (TPSA) is 26.0 Å². The average molecular weight is 312 g/mol. The van der Waals surface area contributed by atoms with Crippen LogP contribution in [0.1, 0.15) is 31.2 Å². The molecule has 0 aromatic heterocycles. The molecule has 0 heterocycles. The molecule has 1 nitrogen and oxygen atoms in total. The summed E-state index contributed by atoms with van der Waals surface area (Å²) in [4.78, 5) is 0. The van der Waals surface area contributed by atoms with Crippen LogP contribution in [0.2, 0.25) is 0 Å². The first kappa shape index (κ1) is 12.6. The molecule has 1 aromatic carbocycles. The summed E-state index contributed by atoms with van der Waals surface area (Å²) in [5.74, 6) is 2.24. The molecular formula is C15H19BrFN. The van der Waals surface area contributed by atoms with Gasteiger partial charge >= 0.3 is 0 Å². The molecule has 0 amide bonds. The zero-order valence-electron chi connectivity index (χ0n) is 10.4. The van der Waals surface area contributed by atoms with E-state index < -0.39 is 0 Å². The quantitative estimate of drug-likeness (QED) is 0.900. The average Bonchev–Trinajstić information content (AvgIpc) is 3.01. The van der Waals surface area contributed by atoms with E-state index >= 15 is 0 Å². The van der Waals surface area contributed by atoms with E-state index in [1.54, 1.807) is 6.07 Å². The van der Waals surface area contributed by atoms with Gasteiger partial charge in [0.1, 0.15) is 5.82 Å². The van der Waals surface area contributed by atoms with Crippen LogP contribution < -0.4 is 5.73 Å². The molecular weight excluding hydrogens is 293 g/mol. The van der Waals surface area contributed by atoms with Crippen molar-refractivity contribution in [3.05, 3.63) is 34.1 Å². The van der Waals surface area contributed by atoms with Gasteiger partial charge in [0, 0.05) is 10.5 Å². The van der Waals surface area contributed by atoms with Gasteiger partial charge in [0.15, 0.2) is 0 Å². The number of hydrogen-bond acceptors (Lipinski definition) is 1. The van der Waals surface area contributed by atoms with Gasteiger partial charge in [-0.3, -0.25) is 0 Å². The zero-order chi connectivity index (χ0) is 12.7. The summed E-state index contributed by atoms with van der Waals surface area (Å²) in [5, 5.41) is 0. The molecule has 2 aliphatic carbocycles. The number of nitrogens with two attached hydrogens (primary N) is 1. The molecule has 3 unspecified atom stereocenters. The van der Waals surface area contributed by atoms with Crippen molar-refractivity contribution in [2.45, 2.75) is 38.1 Å². The van der Waals surface area contributed by atoms with Gasteiger partial charge in [-0.15, -0.1) is 0 Å². The summed E-state index contributed by atoms with van der Waals surface area (Å²) in [7, 11) is 0. The lowest BCUT2D eigenvalue weighted by Crippen LogP contribution is -2.26. The maximum atomic E-state index is 13.3. The Kier molecular flexibility index (Phi) is 3.46. The lowest BCUT2D eigenvalue weighted by atomic mass is 10.0. The number of hydrogen-bond donors (Lipinski definition) is 1. The van der Waals surface area contributed by atoms with Gasteiger partial charge in [-0.25, -0.2) is 4.39 Å². The molecule has 1 aromatic rings. The van der Waals surface area contributed by atoms with Crippen LogP contribution in [0.15, 0.2) is 22.7 Å². The molecule has 3 heteroatoms. The molecule has 0 aliphatic heterocycles. The summed E-state index contributed by atoms with van der Waals surface area (Å²) >= 11 is 3.34. The van der Waals surface area contributed by atoms with E-state index in [0.717, 1.165) is 28.3 Å². The van der Waals surface area contributed by atoms with Crippen molar-refractivity contribution in [2.24, 2.45) is 23.5 Å². The van der Waals surface area contributed by atoms with Crippen molar-refractivity contribution < 1.29 is 4.39 Å². The summed E-state index contributed by atoms with van der Waals surface area (Å²) in [6.45, 7) is 0. The smallest absolute Gasteiger partial charge is 0.124 e. The normalized spacial score (nSPS) is 31.8. The summed E-state index contributed by atoms with van der Waals surface area (Å²) < 4.78 is 14.1. The number of halogens is 2. The van der Waals surface area contributed by atoms with Crippen molar-refractivity contribution in [1.29, 1.82) is 0 Å². The van der Waals surface area contributed by atoms with Crippen LogP contribution >= 0.6 is 15.9 Å². The number of benzene rings is 1. The van der Waals surface area contributed by atoms with E-state index in [9.17, 15) is 4.39 Å². The molecule has 0 bridgehead atoms. The second-order valence-corrected chi connectivity index (χ2v) is 6.75. The van der Waals surface area contributed by atoms with Gasteiger partial charge in [0.05, 0.1) is 0 Å². The minimum Gasteiger partial charge on any atom is -0.327 e. The van der Waals surface area contributed by atoms with Crippen molar-refractivity contribution in [2.75, 3.05) is 0 Å². The fourth-order valence-electron chi connectivity index (χ4n) is 3.82. The van der Waals surface area contributed by atoms with Crippen molar-refractivity contribution in [3.8, 4) is 0 Å². The van der Waals surface area contributed by atoms with E-state index in [4.69, 9.17) is 5.73 Å². The fourth-order valence-corrected chi connectivity index (χ4v) is 4.33. The highest BCUT2D eigenvalue weighted by molar-refractivity contribution is 9.10. The Labute approximate surface area is 116 Å². The predicted octanol–water partition coefficient (Wildman–Crippen LogP) is 3.89. The van der Waals surface area contributed by atoms with Crippen LogP contribution in [0.5, 0.6) is 0 Å². The predicted molar refractivity (Wildman–Crippen MR) is 74.7 cm³/mol. The second kappa shape index (κ2) is 4.93. The maximum Gasteiger partial charge on any atom is 0.124 e. The minimum absolute atomic E-state index is 0.181. The first-order valence-electron chi connectivity index (χ1n) is 6.85. The van der Waals surface area contributed by atoms with Gasteiger partial charge in [-0.2, -0.15) is 0 Å². The highest BCUT2D eigenvalue weighted by atomic mass is 79.9. The standard InChI is InChI=1S/C15H19BrFN/c16-10-5-9(6-11(17)8-10)7-14(18)15-12-3-1-2-4-13(12)15/h5-6,8,12-15H,1-4,7,18H2. The maximum absolute atomic E-state index is 13.3. The van der Waals surface area contributed by atoms with Crippen LogP contribution in [-0.4, -0.2) is 6.04 Å². The number of fused-ring (bicyclic) bond motifs is 1. The Morgan fingerprint density at radius 1 is 1.22 bits per heavy atom. The molecule has 2 N–H and O–H groups in total. The summed E-state index contributed by atoms with van der Waals surface area (Å²) in [6, 6.07) is 5.28. The van der Waals surface area contributed by atoms with E-state index in [0.29, 0.717) is 5.92 Å². The van der Waals surface area contributed by atoms with Crippen molar-refractivity contribution in [3.63, 3.8) is 0 Å². The Balaban J connectivity index is 1.65. The largest absolute Gasteiger partial charge is 0.327 e. The lowest BCUT2D eigenvalue weighted by molar-refractivity contribution is 0.480. The Morgan fingerprint density at radius 2 is 1.89 bits per heavy atom. The summed E-state index contributed by atoms with van der Waals surface area (Å²) in [6.07, 6.45) is 6.26. The van der Waals surface area contributed by atoms with Gasteiger partial charge in [0.2, 0.25) is 0 Å². The first-order valence-corrected chi connectivity index (χ1v) is 7.65. The Hall–Kier alpha value is -0.410. The lowest BCUT2D eigenvalue weighted by Gasteiger charge is -2.12. The molecule has 0 radical (unpaired) electrons. The third-order valence-corrected chi connectivity index (χ3v) is 5.07. The van der Waals surface area contributed by atoms with Crippen LogP contribution in [0, 0.1) is 23.6 Å². The van der Waals surface area contributed by atoms with E-state index in [1.807, 2.05) is 6.07 Å². The van der Waals surface area contributed by atoms with E-state index in [2.05, 4.69) is 15.9 Å². The molecule has 18 heavy (non-hydrogen) atoms. The second-order valence-electron chi connectivity index (χ2n) is 5.84. The molecule has 3 rings (SSSR count). The highest BCUT2D eigenvalue weighted by Gasteiger charge is 2.52. The number of rotatable bonds is 3. The SMILES string of the molecule is NC(Cc1cc(F)cc(Br)c1)C1C2CCCCC21. The first-order chi connectivity index (χ1) is 8.65. The van der Waals surface area contributed by atoms with Gasteiger partial charge in [0.25, 0.3) is 0 Å². The third kappa shape index (κ3) is 2.48. The van der Waals surface area contributed by atoms with Crippen molar-refractivity contribution >= 4 is 15.9 Å². The van der Waals surface area contributed by atoms with Gasteiger partial charge in [-0.1, -0.05) is 28.8 Å². The van der Waals surface area contributed by atoms with E-state index in [1.165, 1.54) is 31.7 Å². The molecule has 3 atom stereocenters. The van der Waals surface area contributed by atoms with Crippen molar-refractivity contribution in [1.82, 2.24) is 0 Å². The third-order valence-electron chi connectivity index (χ3n) is 4.61. The van der Waals surface area contributed by atoms with Crippen LogP contribution in [0.25, 0.3) is 0 Å². The van der Waals surface area contributed by atoms with Crippen LogP contribution in [0.4, 0.5) is 4.39 Å². The minimum atomic E-state index is -0.181. The molecule has 0 saturated heterocycles. The molecule has 2 fully saturated rings. The summed E-state index contributed by atoms with van der Waals surface area (Å²) in [5.41, 5.74) is 7.35.